The van der Waals surface area contributed by atoms with Gasteiger partial charge in [-0.1, -0.05) is 50.5 Å². The summed E-state index contributed by atoms with van der Waals surface area (Å²) in [7, 11) is 0. The standard InChI is InChI=1S/C21H34O4/c1-2-3-6-9-17(22)12-13-19-18(16-14-20(19)25-15-16)10-7-4-5-8-11-21(23)24/h4,7,12-13,16-20,22H,2-3,5-6,8-11,14-15H2,1H3,(H,23,24)/t16-,17?,18-,19+,20-/m0/s1. The number of unbranched alkanes of at least 4 members (excludes halogenated alkanes) is 3. The maximum absolute atomic E-state index is 10.5. The highest BCUT2D eigenvalue weighted by Gasteiger charge is 2.46. The number of carbonyl (C=O) groups is 1. The first-order chi connectivity index (χ1) is 12.1. The molecule has 5 atom stereocenters. The monoisotopic (exact) mass is 350 g/mol. The fourth-order valence-electron chi connectivity index (χ4n) is 4.15. The second-order valence-electron chi connectivity index (χ2n) is 7.55. The lowest BCUT2D eigenvalue weighted by molar-refractivity contribution is -0.137. The highest BCUT2D eigenvalue weighted by atomic mass is 16.5. The molecule has 2 bridgehead atoms. The summed E-state index contributed by atoms with van der Waals surface area (Å²) in [6.07, 6.45) is 16.7. The molecule has 2 aliphatic rings. The van der Waals surface area contributed by atoms with E-state index in [4.69, 9.17) is 9.84 Å². The molecule has 1 saturated heterocycles. The minimum Gasteiger partial charge on any atom is -0.481 e. The molecule has 142 valence electrons. The maximum Gasteiger partial charge on any atom is 0.303 e. The number of aliphatic hydroxyl groups excluding tert-OH is 1. The van der Waals surface area contributed by atoms with Crippen LogP contribution in [-0.2, 0) is 9.53 Å². The Morgan fingerprint density at radius 3 is 2.88 bits per heavy atom. The summed E-state index contributed by atoms with van der Waals surface area (Å²) in [5, 5.41) is 18.8. The van der Waals surface area contributed by atoms with E-state index in [1.54, 1.807) is 0 Å². The normalized spacial score (nSPS) is 29.8. The summed E-state index contributed by atoms with van der Waals surface area (Å²) in [6, 6.07) is 0. The third kappa shape index (κ3) is 6.59. The van der Waals surface area contributed by atoms with Crippen LogP contribution >= 0.6 is 0 Å². The molecule has 2 N–H and O–H groups in total. The maximum atomic E-state index is 10.5. The molecular weight excluding hydrogens is 316 g/mol. The fraction of sp³-hybridized carbons (Fsp3) is 0.762. The number of hydrogen-bond acceptors (Lipinski definition) is 3. The van der Waals surface area contributed by atoms with E-state index in [-0.39, 0.29) is 12.5 Å². The summed E-state index contributed by atoms with van der Waals surface area (Å²) in [5.41, 5.74) is 0. The summed E-state index contributed by atoms with van der Waals surface area (Å²) in [6.45, 7) is 3.04. The molecule has 0 amide bonds. The van der Waals surface area contributed by atoms with Crippen LogP contribution in [0.4, 0.5) is 0 Å². The van der Waals surface area contributed by atoms with Crippen LogP contribution in [0.3, 0.4) is 0 Å². The van der Waals surface area contributed by atoms with E-state index in [0.717, 1.165) is 38.7 Å². The summed E-state index contributed by atoms with van der Waals surface area (Å²) < 4.78 is 5.87. The average molecular weight is 350 g/mol. The molecule has 4 heteroatoms. The van der Waals surface area contributed by atoms with Crippen molar-refractivity contribution in [1.29, 1.82) is 0 Å². The third-order valence-corrected chi connectivity index (χ3v) is 5.58. The van der Waals surface area contributed by atoms with Gasteiger partial charge in [-0.3, -0.25) is 4.79 Å². The number of ether oxygens (including phenoxy) is 1. The summed E-state index contributed by atoms with van der Waals surface area (Å²) in [4.78, 5) is 10.5. The zero-order chi connectivity index (χ0) is 18.1. The van der Waals surface area contributed by atoms with Crippen molar-refractivity contribution >= 4 is 5.97 Å². The third-order valence-electron chi connectivity index (χ3n) is 5.58. The quantitative estimate of drug-likeness (QED) is 0.406. The lowest BCUT2D eigenvalue weighted by atomic mass is 9.84. The van der Waals surface area contributed by atoms with Crippen molar-refractivity contribution < 1.29 is 19.7 Å². The number of aliphatic carboxylic acids is 1. The topological polar surface area (TPSA) is 66.8 Å². The van der Waals surface area contributed by atoms with Gasteiger partial charge in [0.15, 0.2) is 0 Å². The van der Waals surface area contributed by atoms with E-state index < -0.39 is 5.97 Å². The van der Waals surface area contributed by atoms with Crippen molar-refractivity contribution in [3.05, 3.63) is 24.3 Å². The Kier molecular flexibility index (Phi) is 8.70. The number of allylic oxidation sites excluding steroid dienone is 2. The van der Waals surface area contributed by atoms with Gasteiger partial charge in [0.25, 0.3) is 0 Å². The Morgan fingerprint density at radius 1 is 1.28 bits per heavy atom. The van der Waals surface area contributed by atoms with Crippen molar-refractivity contribution in [2.45, 2.75) is 76.9 Å². The average Bonchev–Trinajstić information content (AvgIpc) is 3.17. The van der Waals surface area contributed by atoms with Crippen LogP contribution in [0.25, 0.3) is 0 Å². The molecule has 0 spiro atoms. The van der Waals surface area contributed by atoms with Gasteiger partial charge in [0.05, 0.1) is 18.8 Å². The second kappa shape index (κ2) is 10.8. The molecule has 0 radical (unpaired) electrons. The smallest absolute Gasteiger partial charge is 0.303 e. The number of rotatable bonds is 12. The first kappa shape index (κ1) is 20.2. The van der Waals surface area contributed by atoms with Crippen LogP contribution in [0.1, 0.15) is 64.7 Å². The SMILES string of the molecule is CCCCCC(O)C=C[C@@H]1[C@@H](CC=CCCCC(=O)O)[C@@H]2CO[C@H]1C2. The van der Waals surface area contributed by atoms with Gasteiger partial charge in [-0.05, 0) is 43.9 Å². The minimum absolute atomic E-state index is 0.244. The van der Waals surface area contributed by atoms with Crippen LogP contribution in [0, 0.1) is 17.8 Å². The molecule has 25 heavy (non-hydrogen) atoms. The number of carboxylic acids is 1. The number of hydrogen-bond donors (Lipinski definition) is 2. The highest BCUT2D eigenvalue weighted by molar-refractivity contribution is 5.66. The molecule has 0 aromatic rings. The largest absolute Gasteiger partial charge is 0.481 e. The van der Waals surface area contributed by atoms with Gasteiger partial charge in [-0.15, -0.1) is 0 Å². The van der Waals surface area contributed by atoms with Crippen molar-refractivity contribution in [2.75, 3.05) is 6.61 Å². The van der Waals surface area contributed by atoms with Crippen LogP contribution in [0.15, 0.2) is 24.3 Å². The number of aliphatic hydroxyl groups is 1. The van der Waals surface area contributed by atoms with E-state index in [9.17, 15) is 9.90 Å². The molecule has 2 rings (SSSR count). The highest BCUT2D eigenvalue weighted by Crippen LogP contribution is 2.47. The molecule has 0 aromatic carbocycles. The van der Waals surface area contributed by atoms with E-state index >= 15 is 0 Å². The molecule has 1 aliphatic heterocycles. The minimum atomic E-state index is -0.721. The van der Waals surface area contributed by atoms with Crippen molar-refractivity contribution in [1.82, 2.24) is 0 Å². The first-order valence-corrected chi connectivity index (χ1v) is 9.96. The Balaban J connectivity index is 1.78. The Bertz CT molecular complexity index is 457. The Labute approximate surface area is 152 Å². The van der Waals surface area contributed by atoms with Gasteiger partial charge < -0.3 is 14.9 Å². The lowest BCUT2D eigenvalue weighted by Crippen LogP contribution is -2.27. The first-order valence-electron chi connectivity index (χ1n) is 9.96. The van der Waals surface area contributed by atoms with Gasteiger partial charge in [-0.2, -0.15) is 0 Å². The van der Waals surface area contributed by atoms with Crippen molar-refractivity contribution in [2.24, 2.45) is 17.8 Å². The van der Waals surface area contributed by atoms with Crippen molar-refractivity contribution in [3.8, 4) is 0 Å². The van der Waals surface area contributed by atoms with Crippen LogP contribution in [0.2, 0.25) is 0 Å². The number of fused-ring (bicyclic) bond motifs is 2. The zero-order valence-corrected chi connectivity index (χ0v) is 15.5. The van der Waals surface area contributed by atoms with E-state index in [0.29, 0.717) is 30.3 Å². The van der Waals surface area contributed by atoms with Crippen LogP contribution in [0.5, 0.6) is 0 Å². The molecule has 1 saturated carbocycles. The van der Waals surface area contributed by atoms with E-state index in [1.807, 2.05) is 6.08 Å². The van der Waals surface area contributed by atoms with E-state index in [1.165, 1.54) is 12.8 Å². The Hall–Kier alpha value is -1.13. The predicted molar refractivity (Wildman–Crippen MR) is 99.4 cm³/mol. The Morgan fingerprint density at radius 2 is 2.12 bits per heavy atom. The number of carboxylic acid groups (broad SMARTS) is 1. The van der Waals surface area contributed by atoms with Crippen molar-refractivity contribution in [3.63, 3.8) is 0 Å². The second-order valence-corrected chi connectivity index (χ2v) is 7.55. The molecule has 1 heterocycles. The molecule has 1 unspecified atom stereocenters. The molecular formula is C21H34O4. The molecule has 2 fully saturated rings. The van der Waals surface area contributed by atoms with Gasteiger partial charge in [-0.25, -0.2) is 0 Å². The molecule has 0 aromatic heterocycles. The predicted octanol–water partition coefficient (Wildman–Crippen LogP) is 4.34. The summed E-state index contributed by atoms with van der Waals surface area (Å²) >= 11 is 0. The fourth-order valence-corrected chi connectivity index (χ4v) is 4.15. The molecule has 1 aliphatic carbocycles. The van der Waals surface area contributed by atoms with E-state index in [2.05, 4.69) is 25.2 Å². The molecule has 4 nitrogen and oxygen atoms in total. The van der Waals surface area contributed by atoms with Gasteiger partial charge in [0, 0.05) is 12.3 Å². The summed E-state index contributed by atoms with van der Waals surface area (Å²) in [5.74, 6) is 0.902. The van der Waals surface area contributed by atoms with Crippen LogP contribution in [-0.4, -0.2) is 35.0 Å². The van der Waals surface area contributed by atoms with Crippen LogP contribution < -0.4 is 0 Å². The van der Waals surface area contributed by atoms with Gasteiger partial charge >= 0.3 is 5.97 Å². The van der Waals surface area contributed by atoms with Gasteiger partial charge in [0.2, 0.25) is 0 Å². The van der Waals surface area contributed by atoms with Gasteiger partial charge in [0.1, 0.15) is 0 Å². The lowest BCUT2D eigenvalue weighted by Gasteiger charge is -2.28. The zero-order valence-electron chi connectivity index (χ0n) is 15.5.